The van der Waals surface area contributed by atoms with E-state index < -0.39 is 0 Å². The summed E-state index contributed by atoms with van der Waals surface area (Å²) in [7, 11) is 1.70. The summed E-state index contributed by atoms with van der Waals surface area (Å²) in [6.45, 7) is 0. The maximum atomic E-state index is 5.39. The molecule has 3 heteroatoms. The van der Waals surface area contributed by atoms with E-state index in [9.17, 15) is 0 Å². The summed E-state index contributed by atoms with van der Waals surface area (Å²) in [5.74, 6) is 2.49. The molecule has 1 heterocycles. The Morgan fingerprint density at radius 2 is 1.81 bits per heavy atom. The lowest BCUT2D eigenvalue weighted by Gasteiger charge is -2.39. The zero-order valence-electron chi connectivity index (χ0n) is 13.2. The molecule has 0 bridgehead atoms. The quantitative estimate of drug-likeness (QED) is 0.876. The number of ether oxygens (including phenoxy) is 1. The minimum absolute atomic E-state index is 0.597. The van der Waals surface area contributed by atoms with Gasteiger partial charge in [0.15, 0.2) is 0 Å². The van der Waals surface area contributed by atoms with Gasteiger partial charge in [-0.15, -0.1) is 0 Å². The molecular weight excluding hydrogens is 260 g/mol. The van der Waals surface area contributed by atoms with Crippen LogP contribution in [0.4, 0.5) is 5.69 Å². The summed E-state index contributed by atoms with van der Waals surface area (Å²) >= 11 is 0. The van der Waals surface area contributed by atoms with E-state index in [1.54, 1.807) is 13.3 Å². The lowest BCUT2D eigenvalue weighted by Crippen LogP contribution is -2.37. The summed E-state index contributed by atoms with van der Waals surface area (Å²) in [6.07, 6.45) is 14.4. The molecule has 0 aromatic carbocycles. The average molecular weight is 288 g/mol. The number of nitrogens with zero attached hydrogens (tertiary/aromatic N) is 1. The van der Waals surface area contributed by atoms with Gasteiger partial charge in [-0.05, 0) is 36.8 Å². The van der Waals surface area contributed by atoms with Crippen LogP contribution in [-0.2, 0) is 0 Å². The minimum atomic E-state index is 0.597. The van der Waals surface area contributed by atoms with Crippen LogP contribution in [0.3, 0.4) is 0 Å². The van der Waals surface area contributed by atoms with Gasteiger partial charge in [-0.1, -0.05) is 44.9 Å². The molecule has 3 nitrogen and oxygen atoms in total. The van der Waals surface area contributed by atoms with Crippen molar-refractivity contribution in [3.8, 4) is 5.88 Å². The van der Waals surface area contributed by atoms with E-state index in [0.29, 0.717) is 6.04 Å². The van der Waals surface area contributed by atoms with Gasteiger partial charge < -0.3 is 10.1 Å². The van der Waals surface area contributed by atoms with E-state index in [0.717, 1.165) is 23.4 Å². The molecule has 2 unspecified atom stereocenters. The fourth-order valence-electron chi connectivity index (χ4n) is 4.33. The molecule has 116 valence electrons. The smallest absolute Gasteiger partial charge is 0.237 e. The zero-order chi connectivity index (χ0) is 14.5. The molecule has 1 aromatic rings. The van der Waals surface area contributed by atoms with E-state index in [1.807, 2.05) is 6.07 Å². The third-order valence-electron chi connectivity index (χ3n) is 5.38. The van der Waals surface area contributed by atoms with E-state index in [-0.39, 0.29) is 0 Å². The van der Waals surface area contributed by atoms with E-state index >= 15 is 0 Å². The number of hydrogen-bond donors (Lipinski definition) is 1. The third-order valence-corrected chi connectivity index (χ3v) is 5.38. The highest BCUT2D eigenvalue weighted by Gasteiger charge is 2.32. The maximum Gasteiger partial charge on any atom is 0.237 e. The second kappa shape index (κ2) is 7.15. The Bertz CT molecular complexity index is 443. The van der Waals surface area contributed by atoms with Gasteiger partial charge in [0.05, 0.1) is 12.8 Å². The Kier molecular flexibility index (Phi) is 5.00. The van der Waals surface area contributed by atoms with Gasteiger partial charge in [-0.25, -0.2) is 4.98 Å². The first-order valence-electron chi connectivity index (χ1n) is 8.64. The summed E-state index contributed by atoms with van der Waals surface area (Å²) in [5, 5.41) is 3.76. The highest BCUT2D eigenvalue weighted by atomic mass is 16.5. The molecule has 2 fully saturated rings. The van der Waals surface area contributed by atoms with Crippen molar-refractivity contribution < 1.29 is 4.74 Å². The van der Waals surface area contributed by atoms with Crippen LogP contribution < -0.4 is 10.1 Å². The number of aromatic nitrogens is 1. The number of hydrogen-bond acceptors (Lipinski definition) is 3. The lowest BCUT2D eigenvalue weighted by atomic mass is 9.71. The summed E-state index contributed by atoms with van der Waals surface area (Å²) in [4.78, 5) is 4.32. The molecular formula is C18H28N2O. The van der Waals surface area contributed by atoms with Crippen molar-refractivity contribution in [1.29, 1.82) is 0 Å². The monoisotopic (exact) mass is 288 g/mol. The molecule has 2 saturated carbocycles. The number of rotatable bonds is 4. The summed E-state index contributed by atoms with van der Waals surface area (Å²) < 4.78 is 5.39. The van der Waals surface area contributed by atoms with Crippen LogP contribution in [0.2, 0.25) is 0 Å². The number of methoxy groups -OCH3 is 1. The molecule has 0 aliphatic heterocycles. The largest absolute Gasteiger partial charge is 0.480 e. The van der Waals surface area contributed by atoms with E-state index in [2.05, 4.69) is 16.4 Å². The predicted octanol–water partition coefficient (Wildman–Crippen LogP) is 4.64. The summed E-state index contributed by atoms with van der Waals surface area (Å²) in [5.41, 5.74) is 1.06. The predicted molar refractivity (Wildman–Crippen MR) is 86.7 cm³/mol. The normalized spacial score (nSPS) is 27.3. The number of pyridine rings is 1. The van der Waals surface area contributed by atoms with E-state index in [1.165, 1.54) is 57.8 Å². The molecule has 0 spiro atoms. The first-order valence-corrected chi connectivity index (χ1v) is 8.64. The second-order valence-corrected chi connectivity index (χ2v) is 6.66. The molecule has 21 heavy (non-hydrogen) atoms. The van der Waals surface area contributed by atoms with Crippen LogP contribution in [-0.4, -0.2) is 18.1 Å². The van der Waals surface area contributed by atoms with E-state index in [4.69, 9.17) is 4.74 Å². The molecule has 1 aromatic heterocycles. The minimum Gasteiger partial charge on any atom is -0.480 e. The zero-order valence-corrected chi connectivity index (χ0v) is 13.2. The highest BCUT2D eigenvalue weighted by molar-refractivity contribution is 5.52. The first-order chi connectivity index (χ1) is 10.4. The fraction of sp³-hybridized carbons (Fsp3) is 0.722. The van der Waals surface area contributed by atoms with Gasteiger partial charge >= 0.3 is 0 Å². The average Bonchev–Trinajstić information content (AvgIpc) is 2.57. The molecule has 0 saturated heterocycles. The maximum absolute atomic E-state index is 5.39. The Labute approximate surface area is 128 Å². The molecule has 0 amide bonds. The van der Waals surface area contributed by atoms with Gasteiger partial charge in [0.25, 0.3) is 0 Å². The van der Waals surface area contributed by atoms with Crippen molar-refractivity contribution >= 4 is 5.69 Å². The Morgan fingerprint density at radius 1 is 1.05 bits per heavy atom. The van der Waals surface area contributed by atoms with Gasteiger partial charge in [0, 0.05) is 12.2 Å². The number of nitrogens with one attached hydrogen (secondary N) is 1. The van der Waals surface area contributed by atoms with Crippen molar-refractivity contribution in [2.75, 3.05) is 12.4 Å². The standard InChI is InChI=1S/C18H28N2O/c1-21-18-17(12-7-13-19-18)20-16-11-6-5-10-15(16)14-8-3-2-4-9-14/h7,12-16,20H,2-6,8-11H2,1H3. The van der Waals surface area contributed by atoms with Gasteiger partial charge in [0.2, 0.25) is 5.88 Å². The topological polar surface area (TPSA) is 34.1 Å². The molecule has 1 N–H and O–H groups in total. The first kappa shape index (κ1) is 14.7. The van der Waals surface area contributed by atoms with Gasteiger partial charge in [-0.2, -0.15) is 0 Å². The van der Waals surface area contributed by atoms with Crippen molar-refractivity contribution in [2.45, 2.75) is 63.8 Å². The van der Waals surface area contributed by atoms with Crippen molar-refractivity contribution in [3.05, 3.63) is 18.3 Å². The van der Waals surface area contributed by atoms with Crippen LogP contribution in [0, 0.1) is 11.8 Å². The van der Waals surface area contributed by atoms with Crippen LogP contribution in [0.1, 0.15) is 57.8 Å². The van der Waals surface area contributed by atoms with Gasteiger partial charge in [0.1, 0.15) is 0 Å². The SMILES string of the molecule is COc1ncccc1NC1CCCCC1C1CCCCC1. The molecule has 0 radical (unpaired) electrons. The Hall–Kier alpha value is -1.25. The lowest BCUT2D eigenvalue weighted by molar-refractivity contribution is 0.180. The number of anilines is 1. The van der Waals surface area contributed by atoms with Crippen molar-refractivity contribution in [2.24, 2.45) is 11.8 Å². The van der Waals surface area contributed by atoms with Crippen LogP contribution in [0.25, 0.3) is 0 Å². The van der Waals surface area contributed by atoms with Crippen LogP contribution in [0.15, 0.2) is 18.3 Å². The van der Waals surface area contributed by atoms with Crippen molar-refractivity contribution in [3.63, 3.8) is 0 Å². The fourth-order valence-corrected chi connectivity index (χ4v) is 4.33. The van der Waals surface area contributed by atoms with Crippen LogP contribution in [0.5, 0.6) is 5.88 Å². The van der Waals surface area contributed by atoms with Crippen LogP contribution >= 0.6 is 0 Å². The third kappa shape index (κ3) is 3.50. The Balaban J connectivity index is 1.71. The highest BCUT2D eigenvalue weighted by Crippen LogP contribution is 2.40. The molecule has 2 aliphatic rings. The van der Waals surface area contributed by atoms with Gasteiger partial charge in [-0.3, -0.25) is 0 Å². The molecule has 2 aliphatic carbocycles. The van der Waals surface area contributed by atoms with Crippen molar-refractivity contribution in [1.82, 2.24) is 4.98 Å². The molecule has 2 atom stereocenters. The Morgan fingerprint density at radius 3 is 2.62 bits per heavy atom. The molecule has 3 rings (SSSR count). The summed E-state index contributed by atoms with van der Waals surface area (Å²) in [6, 6.07) is 4.68. The second-order valence-electron chi connectivity index (χ2n) is 6.66.